The number of aromatic hydroxyl groups is 5. The molecule has 1 aromatic heterocycles. The Morgan fingerprint density at radius 2 is 1.61 bits per heavy atom. The topological polar surface area (TPSA) is 246 Å². The molecule has 15 heteroatoms. The van der Waals surface area contributed by atoms with Gasteiger partial charge in [0, 0.05) is 23.8 Å². The minimum Gasteiger partial charge on any atom is -0.508 e. The van der Waals surface area contributed by atoms with Crippen molar-refractivity contribution < 1.29 is 69.0 Å². The molecule has 242 valence electrons. The average Bonchev–Trinajstić information content (AvgIpc) is 3.02. The number of hydrogen-bond donors (Lipinski definition) is 8. The van der Waals surface area contributed by atoms with Crippen molar-refractivity contribution in [3.05, 3.63) is 70.4 Å². The third-order valence-corrected chi connectivity index (χ3v) is 7.06. The van der Waals surface area contributed by atoms with Crippen molar-refractivity contribution in [1.29, 1.82) is 0 Å². The Kier molecular flexibility index (Phi) is 8.93. The highest BCUT2D eigenvalue weighted by atomic mass is 16.7. The Balaban J connectivity index is 1.44. The van der Waals surface area contributed by atoms with Gasteiger partial charge in [0.15, 0.2) is 28.8 Å². The van der Waals surface area contributed by atoms with Gasteiger partial charge in [-0.2, -0.15) is 0 Å². The number of hydrogen-bond acceptors (Lipinski definition) is 15. The number of fused-ring (bicyclic) bond motifs is 1. The van der Waals surface area contributed by atoms with Gasteiger partial charge in [-0.1, -0.05) is 6.07 Å². The number of phenols is 5. The van der Waals surface area contributed by atoms with Crippen LogP contribution in [0.2, 0.25) is 0 Å². The van der Waals surface area contributed by atoms with Gasteiger partial charge >= 0.3 is 5.97 Å². The number of rotatable bonds is 8. The number of aliphatic hydroxyl groups is 3. The summed E-state index contributed by atoms with van der Waals surface area (Å²) < 4.78 is 27.4. The molecular formula is C31H28O15. The van der Waals surface area contributed by atoms with Crippen molar-refractivity contribution in [2.24, 2.45) is 0 Å². The second kappa shape index (κ2) is 12.9. The Morgan fingerprint density at radius 3 is 2.33 bits per heavy atom. The number of ether oxygens (including phenoxy) is 4. The zero-order valence-corrected chi connectivity index (χ0v) is 23.8. The number of esters is 1. The van der Waals surface area contributed by atoms with E-state index in [1.807, 2.05) is 0 Å². The van der Waals surface area contributed by atoms with Crippen LogP contribution in [0.25, 0.3) is 28.4 Å². The average molecular weight is 641 g/mol. The fraction of sp³-hybridized carbons (Fsp3) is 0.226. The summed E-state index contributed by atoms with van der Waals surface area (Å²) in [4.78, 5) is 26.0. The van der Waals surface area contributed by atoms with Gasteiger partial charge in [0.2, 0.25) is 17.5 Å². The second-order valence-electron chi connectivity index (χ2n) is 10.2. The molecule has 0 bridgehead atoms. The maximum absolute atomic E-state index is 13.7. The van der Waals surface area contributed by atoms with Crippen molar-refractivity contribution in [3.63, 3.8) is 0 Å². The molecule has 1 saturated heterocycles. The number of phenolic OH excluding ortho intramolecular Hbond substituents is 5. The van der Waals surface area contributed by atoms with Crippen molar-refractivity contribution in [3.8, 4) is 51.6 Å². The number of benzene rings is 3. The van der Waals surface area contributed by atoms with E-state index in [0.29, 0.717) is 5.56 Å². The summed E-state index contributed by atoms with van der Waals surface area (Å²) >= 11 is 0. The van der Waals surface area contributed by atoms with Crippen LogP contribution in [-0.4, -0.2) is 91.2 Å². The summed E-state index contributed by atoms with van der Waals surface area (Å²) in [5.41, 5.74) is -0.772. The van der Waals surface area contributed by atoms with Crippen LogP contribution in [0.1, 0.15) is 5.56 Å². The molecule has 8 N–H and O–H groups in total. The van der Waals surface area contributed by atoms with Crippen LogP contribution in [0.4, 0.5) is 0 Å². The van der Waals surface area contributed by atoms with Crippen LogP contribution in [0.5, 0.6) is 40.2 Å². The lowest BCUT2D eigenvalue weighted by Crippen LogP contribution is -2.60. The summed E-state index contributed by atoms with van der Waals surface area (Å²) in [5, 5.41) is 80.8. The predicted molar refractivity (Wildman–Crippen MR) is 157 cm³/mol. The van der Waals surface area contributed by atoms with Crippen molar-refractivity contribution in [2.45, 2.75) is 30.7 Å². The minimum absolute atomic E-state index is 0.0180. The lowest BCUT2D eigenvalue weighted by atomic mass is 9.99. The Labute approximate surface area is 258 Å². The normalized spacial score (nSPS) is 21.3. The molecule has 0 radical (unpaired) electrons. The number of aliphatic hydroxyl groups excluding tert-OH is 3. The Hall–Kier alpha value is -5.48. The number of carbonyl (C=O) groups is 1. The van der Waals surface area contributed by atoms with E-state index in [0.717, 1.165) is 18.2 Å². The molecule has 46 heavy (non-hydrogen) atoms. The fourth-order valence-electron chi connectivity index (χ4n) is 4.67. The van der Waals surface area contributed by atoms with Gasteiger partial charge in [0.25, 0.3) is 0 Å². The second-order valence-corrected chi connectivity index (χ2v) is 10.2. The lowest BCUT2D eigenvalue weighted by molar-refractivity contribution is -0.278. The highest BCUT2D eigenvalue weighted by Crippen LogP contribution is 2.39. The van der Waals surface area contributed by atoms with Crippen LogP contribution in [0.15, 0.2) is 63.8 Å². The molecule has 1 fully saturated rings. The molecule has 1 aliphatic rings. The molecule has 1 aliphatic heterocycles. The predicted octanol–water partition coefficient (Wildman–Crippen LogP) is 1.44. The lowest BCUT2D eigenvalue weighted by Gasteiger charge is -2.39. The summed E-state index contributed by atoms with van der Waals surface area (Å²) in [5.74, 6) is -3.98. The highest BCUT2D eigenvalue weighted by Gasteiger charge is 2.46. The van der Waals surface area contributed by atoms with E-state index >= 15 is 0 Å². The van der Waals surface area contributed by atoms with Crippen LogP contribution in [0.3, 0.4) is 0 Å². The van der Waals surface area contributed by atoms with Gasteiger partial charge < -0.3 is 64.2 Å². The molecule has 4 aromatic rings. The van der Waals surface area contributed by atoms with Crippen molar-refractivity contribution in [1.82, 2.24) is 0 Å². The van der Waals surface area contributed by atoms with Crippen LogP contribution < -0.4 is 14.9 Å². The molecule has 5 unspecified atom stereocenters. The van der Waals surface area contributed by atoms with E-state index in [9.17, 15) is 50.4 Å². The quantitative estimate of drug-likeness (QED) is 0.0771. The van der Waals surface area contributed by atoms with E-state index < -0.39 is 77.1 Å². The molecule has 2 heterocycles. The maximum atomic E-state index is 13.7. The largest absolute Gasteiger partial charge is 0.508 e. The molecule has 0 aliphatic carbocycles. The molecule has 5 atom stereocenters. The molecule has 0 spiro atoms. The Morgan fingerprint density at radius 1 is 0.870 bits per heavy atom. The third-order valence-electron chi connectivity index (χ3n) is 7.06. The van der Waals surface area contributed by atoms with E-state index in [4.69, 9.17) is 23.4 Å². The van der Waals surface area contributed by atoms with E-state index in [-0.39, 0.29) is 34.2 Å². The standard InChI is InChI=1S/C31H28O15/c1-42-20-9-14(4-6-17(20)34)29-30(26(39)24-19(36)10-15(32)11-21(24)44-29)46-31-28(41)27(40)25(38)22(45-31)12-43-23(37)7-3-13-2-5-16(33)18(35)8-13/h2-11,22,25,27-28,31-36,38,40-41H,12H2,1H3. The SMILES string of the molecule is COc1cc(-c2oc3cc(O)cc(O)c3c(=O)c2OC2OC(COC(=O)C=Cc3ccc(O)c(O)c3)C(O)C(O)C2O)ccc1O. The van der Waals surface area contributed by atoms with Gasteiger partial charge in [-0.05, 0) is 42.0 Å². The first-order valence-electron chi connectivity index (χ1n) is 13.5. The monoisotopic (exact) mass is 640 g/mol. The zero-order chi connectivity index (χ0) is 33.3. The summed E-state index contributed by atoms with van der Waals surface area (Å²) in [6, 6.07) is 9.65. The van der Waals surface area contributed by atoms with Gasteiger partial charge in [-0.15, -0.1) is 0 Å². The molecule has 5 rings (SSSR count). The summed E-state index contributed by atoms with van der Waals surface area (Å²) in [7, 11) is 1.28. The maximum Gasteiger partial charge on any atom is 0.330 e. The molecule has 0 amide bonds. The fourth-order valence-corrected chi connectivity index (χ4v) is 4.67. The Bertz CT molecular complexity index is 1860. The van der Waals surface area contributed by atoms with E-state index in [1.54, 1.807) is 0 Å². The zero-order valence-electron chi connectivity index (χ0n) is 23.8. The molecule has 0 saturated carbocycles. The van der Waals surface area contributed by atoms with Gasteiger partial charge in [0.05, 0.1) is 7.11 Å². The van der Waals surface area contributed by atoms with Gasteiger partial charge in [-0.3, -0.25) is 4.79 Å². The van der Waals surface area contributed by atoms with E-state index in [1.165, 1.54) is 49.6 Å². The van der Waals surface area contributed by atoms with Crippen LogP contribution in [-0.2, 0) is 14.3 Å². The third kappa shape index (κ3) is 6.33. The van der Waals surface area contributed by atoms with Crippen molar-refractivity contribution in [2.75, 3.05) is 13.7 Å². The summed E-state index contributed by atoms with van der Waals surface area (Å²) in [6.45, 7) is -0.650. The highest BCUT2D eigenvalue weighted by molar-refractivity contribution is 5.88. The molecule has 3 aromatic carbocycles. The van der Waals surface area contributed by atoms with Crippen LogP contribution >= 0.6 is 0 Å². The first kappa shape index (κ1) is 31.9. The van der Waals surface area contributed by atoms with Crippen molar-refractivity contribution >= 4 is 23.0 Å². The van der Waals surface area contributed by atoms with Gasteiger partial charge in [-0.25, -0.2) is 4.79 Å². The smallest absolute Gasteiger partial charge is 0.330 e. The minimum atomic E-state index is -1.95. The van der Waals surface area contributed by atoms with Gasteiger partial charge in [0.1, 0.15) is 53.5 Å². The molecular weight excluding hydrogens is 612 g/mol. The number of methoxy groups -OCH3 is 1. The first-order chi connectivity index (χ1) is 21.9. The summed E-state index contributed by atoms with van der Waals surface area (Å²) in [6.07, 6.45) is -6.71. The first-order valence-corrected chi connectivity index (χ1v) is 13.5. The number of carbonyl (C=O) groups excluding carboxylic acids is 1. The van der Waals surface area contributed by atoms with Crippen LogP contribution in [0, 0.1) is 0 Å². The molecule has 15 nitrogen and oxygen atoms in total. The van der Waals surface area contributed by atoms with E-state index in [2.05, 4.69) is 0 Å².